The maximum atomic E-state index is 12.8. The van der Waals surface area contributed by atoms with Crippen LogP contribution in [-0.4, -0.2) is 36.2 Å². The number of aromatic nitrogens is 2. The van der Waals surface area contributed by atoms with Crippen LogP contribution in [0.4, 0.5) is 0 Å². The summed E-state index contributed by atoms with van der Waals surface area (Å²) in [7, 11) is 1.62. The summed E-state index contributed by atoms with van der Waals surface area (Å²) in [4.78, 5) is 20.8. The Morgan fingerprint density at radius 2 is 1.96 bits per heavy atom. The molecule has 0 aliphatic rings. The second kappa shape index (κ2) is 8.68. The highest BCUT2D eigenvalue weighted by Gasteiger charge is 2.22. The lowest BCUT2D eigenvalue weighted by molar-refractivity contribution is 0.0922. The highest BCUT2D eigenvalue weighted by atomic mass is 16.5. The third kappa shape index (κ3) is 4.65. The van der Waals surface area contributed by atoms with E-state index in [2.05, 4.69) is 29.1 Å². The van der Waals surface area contributed by atoms with E-state index in [1.165, 1.54) is 0 Å². The number of imidazole rings is 1. The van der Waals surface area contributed by atoms with Crippen molar-refractivity contribution < 1.29 is 14.3 Å². The summed E-state index contributed by atoms with van der Waals surface area (Å²) >= 11 is 0. The van der Waals surface area contributed by atoms with Crippen LogP contribution in [0.5, 0.6) is 5.75 Å². The van der Waals surface area contributed by atoms with E-state index in [4.69, 9.17) is 9.47 Å². The molecule has 2 N–H and O–H groups in total. The number of ether oxygens (including phenoxy) is 2. The van der Waals surface area contributed by atoms with Crippen LogP contribution in [0.15, 0.2) is 48.5 Å². The van der Waals surface area contributed by atoms with Crippen LogP contribution in [0.2, 0.25) is 0 Å². The summed E-state index contributed by atoms with van der Waals surface area (Å²) in [6.45, 7) is 5.05. The van der Waals surface area contributed by atoms with E-state index >= 15 is 0 Å². The largest absolute Gasteiger partial charge is 0.491 e. The number of carbonyl (C=O) groups is 1. The number of nitrogens with zero attached hydrogens (tertiary/aromatic N) is 1. The minimum Gasteiger partial charge on any atom is -0.491 e. The number of carbonyl (C=O) groups excluding carboxylic acids is 1. The molecule has 0 saturated heterocycles. The van der Waals surface area contributed by atoms with Crippen molar-refractivity contribution in [2.75, 3.05) is 20.3 Å². The maximum Gasteiger partial charge on any atom is 0.252 e. The van der Waals surface area contributed by atoms with E-state index in [-0.39, 0.29) is 17.9 Å². The van der Waals surface area contributed by atoms with E-state index in [9.17, 15) is 4.79 Å². The van der Waals surface area contributed by atoms with Crippen molar-refractivity contribution in [3.63, 3.8) is 0 Å². The minimum atomic E-state index is -0.219. The zero-order valence-corrected chi connectivity index (χ0v) is 15.9. The summed E-state index contributed by atoms with van der Waals surface area (Å²) in [5, 5.41) is 3.09. The zero-order chi connectivity index (χ0) is 19.2. The van der Waals surface area contributed by atoms with Crippen molar-refractivity contribution in [1.29, 1.82) is 0 Å². The molecule has 3 rings (SSSR count). The van der Waals surface area contributed by atoms with Crippen LogP contribution < -0.4 is 10.1 Å². The third-order valence-electron chi connectivity index (χ3n) is 4.31. The molecule has 1 amide bonds. The lowest BCUT2D eigenvalue weighted by Crippen LogP contribution is -2.32. The predicted octanol–water partition coefficient (Wildman–Crippen LogP) is 3.72. The molecule has 0 saturated carbocycles. The highest BCUT2D eigenvalue weighted by Crippen LogP contribution is 2.23. The second-order valence-electron chi connectivity index (χ2n) is 6.70. The van der Waals surface area contributed by atoms with E-state index < -0.39 is 0 Å². The van der Waals surface area contributed by atoms with Crippen LogP contribution in [-0.2, 0) is 4.74 Å². The Morgan fingerprint density at radius 1 is 1.15 bits per heavy atom. The van der Waals surface area contributed by atoms with Gasteiger partial charge in [0.05, 0.1) is 23.7 Å². The number of para-hydroxylation sites is 2. The van der Waals surface area contributed by atoms with Crippen LogP contribution in [0.25, 0.3) is 11.0 Å². The van der Waals surface area contributed by atoms with E-state index in [1.54, 1.807) is 19.2 Å². The Kier molecular flexibility index (Phi) is 6.08. The average molecular weight is 367 g/mol. The lowest BCUT2D eigenvalue weighted by atomic mass is 10.0. The van der Waals surface area contributed by atoms with Gasteiger partial charge in [0.25, 0.3) is 5.91 Å². The first-order chi connectivity index (χ1) is 13.1. The minimum absolute atomic E-state index is 0.161. The van der Waals surface area contributed by atoms with Gasteiger partial charge in [-0.1, -0.05) is 32.0 Å². The van der Waals surface area contributed by atoms with Gasteiger partial charge in [-0.3, -0.25) is 4.79 Å². The smallest absolute Gasteiger partial charge is 0.252 e. The zero-order valence-electron chi connectivity index (χ0n) is 15.9. The monoisotopic (exact) mass is 367 g/mol. The molecular formula is C21H25N3O3. The van der Waals surface area contributed by atoms with Crippen LogP contribution in [0.3, 0.4) is 0 Å². The Hall–Kier alpha value is -2.86. The number of benzene rings is 2. The standard InChI is InChI=1S/C21H25N3O3/c1-14(2)19(20-22-17-9-4-5-10-18(17)23-20)24-21(25)15-7-6-8-16(13-15)27-12-11-26-3/h4-10,13-14,19H,11-12H2,1-3H3,(H,22,23)(H,24,25). The van der Waals surface area contributed by atoms with Gasteiger partial charge < -0.3 is 19.8 Å². The molecule has 0 aliphatic heterocycles. The van der Waals surface area contributed by atoms with Crippen LogP contribution >= 0.6 is 0 Å². The molecule has 1 atom stereocenters. The topological polar surface area (TPSA) is 76.2 Å². The Labute approximate surface area is 158 Å². The third-order valence-corrected chi connectivity index (χ3v) is 4.31. The number of nitrogens with one attached hydrogen (secondary N) is 2. The molecule has 3 aromatic rings. The molecule has 142 valence electrons. The number of H-pyrrole nitrogens is 1. The van der Waals surface area contributed by atoms with E-state index in [0.29, 0.717) is 24.5 Å². The molecule has 0 spiro atoms. The predicted molar refractivity (Wildman–Crippen MR) is 105 cm³/mol. The van der Waals surface area contributed by atoms with Gasteiger partial charge in [-0.15, -0.1) is 0 Å². The van der Waals surface area contributed by atoms with Gasteiger partial charge in [-0.25, -0.2) is 4.98 Å². The van der Waals surface area contributed by atoms with E-state index in [0.717, 1.165) is 16.9 Å². The van der Waals surface area contributed by atoms with Gasteiger partial charge >= 0.3 is 0 Å². The molecular weight excluding hydrogens is 342 g/mol. The first-order valence-electron chi connectivity index (χ1n) is 9.06. The van der Waals surface area contributed by atoms with Gasteiger partial charge in [0, 0.05) is 12.7 Å². The molecule has 0 fully saturated rings. The molecule has 0 bridgehead atoms. The fourth-order valence-corrected chi connectivity index (χ4v) is 2.87. The fourth-order valence-electron chi connectivity index (χ4n) is 2.87. The molecule has 6 nitrogen and oxygen atoms in total. The number of hydrogen-bond acceptors (Lipinski definition) is 4. The van der Waals surface area contributed by atoms with Gasteiger partial charge in [0.15, 0.2) is 0 Å². The first-order valence-corrected chi connectivity index (χ1v) is 9.06. The number of aromatic amines is 1. The molecule has 1 aromatic heterocycles. The maximum absolute atomic E-state index is 12.8. The Balaban J connectivity index is 1.76. The van der Waals surface area contributed by atoms with Crippen molar-refractivity contribution in [2.45, 2.75) is 19.9 Å². The van der Waals surface area contributed by atoms with Gasteiger partial charge in [-0.05, 0) is 36.2 Å². The van der Waals surface area contributed by atoms with Crippen molar-refractivity contribution in [3.8, 4) is 5.75 Å². The molecule has 1 unspecified atom stereocenters. The number of hydrogen-bond donors (Lipinski definition) is 2. The fraction of sp³-hybridized carbons (Fsp3) is 0.333. The lowest BCUT2D eigenvalue weighted by Gasteiger charge is -2.20. The van der Waals surface area contributed by atoms with Gasteiger partial charge in [0.1, 0.15) is 18.2 Å². The quantitative estimate of drug-likeness (QED) is 0.595. The van der Waals surface area contributed by atoms with Crippen LogP contribution in [0, 0.1) is 5.92 Å². The molecule has 6 heteroatoms. The van der Waals surface area contributed by atoms with Crippen molar-refractivity contribution in [3.05, 3.63) is 59.9 Å². The summed E-state index contributed by atoms with van der Waals surface area (Å²) in [5.41, 5.74) is 2.40. The average Bonchev–Trinajstić information content (AvgIpc) is 3.10. The molecule has 0 radical (unpaired) electrons. The summed E-state index contributed by atoms with van der Waals surface area (Å²) in [6.07, 6.45) is 0. The number of rotatable bonds is 8. The first kappa shape index (κ1) is 18.9. The number of amides is 1. The number of methoxy groups -OCH3 is 1. The van der Waals surface area contributed by atoms with E-state index in [1.807, 2.05) is 36.4 Å². The molecule has 0 aliphatic carbocycles. The summed E-state index contributed by atoms with van der Waals surface area (Å²) in [6, 6.07) is 14.8. The van der Waals surface area contributed by atoms with Crippen LogP contribution in [0.1, 0.15) is 36.1 Å². The Morgan fingerprint density at radius 3 is 2.70 bits per heavy atom. The summed E-state index contributed by atoms with van der Waals surface area (Å²) in [5.74, 6) is 1.42. The molecule has 1 heterocycles. The van der Waals surface area contributed by atoms with Gasteiger partial charge in [0.2, 0.25) is 0 Å². The second-order valence-corrected chi connectivity index (χ2v) is 6.70. The highest BCUT2D eigenvalue weighted by molar-refractivity contribution is 5.94. The van der Waals surface area contributed by atoms with Crippen molar-refractivity contribution >= 4 is 16.9 Å². The normalized spacial score (nSPS) is 12.3. The summed E-state index contributed by atoms with van der Waals surface area (Å²) < 4.78 is 10.6. The Bertz CT molecular complexity index is 871. The van der Waals surface area contributed by atoms with Gasteiger partial charge in [-0.2, -0.15) is 0 Å². The van der Waals surface area contributed by atoms with Crippen molar-refractivity contribution in [1.82, 2.24) is 15.3 Å². The SMILES string of the molecule is COCCOc1cccc(C(=O)NC(c2nc3ccccc3[nH]2)C(C)C)c1. The molecule has 27 heavy (non-hydrogen) atoms. The number of fused-ring (bicyclic) bond motifs is 1. The van der Waals surface area contributed by atoms with Crippen molar-refractivity contribution in [2.24, 2.45) is 5.92 Å². The molecule has 2 aromatic carbocycles.